The van der Waals surface area contributed by atoms with Crippen molar-refractivity contribution in [3.05, 3.63) is 53.9 Å². The number of aliphatic hydroxyl groups excluding tert-OH is 1. The maximum atomic E-state index is 13.2. The lowest BCUT2D eigenvalue weighted by atomic mass is 9.99. The van der Waals surface area contributed by atoms with Crippen LogP contribution in [0.3, 0.4) is 0 Å². The summed E-state index contributed by atoms with van der Waals surface area (Å²) in [5.41, 5.74) is 0.773. The monoisotopic (exact) mass is 320 g/mol. The molecule has 1 fully saturated rings. The van der Waals surface area contributed by atoms with Gasteiger partial charge in [-0.05, 0) is 18.6 Å². The summed E-state index contributed by atoms with van der Waals surface area (Å²) in [5, 5.41) is 9.32. The Morgan fingerprint density at radius 2 is 2.17 bits per heavy atom. The molecule has 1 saturated heterocycles. The quantitative estimate of drug-likeness (QED) is 0.886. The number of nitrogens with zero attached hydrogens (tertiary/aromatic N) is 2. The van der Waals surface area contributed by atoms with Gasteiger partial charge >= 0.3 is 0 Å². The predicted octanol–water partition coefficient (Wildman–Crippen LogP) is 2.14. The molecule has 1 N–H and O–H groups in total. The van der Waals surface area contributed by atoms with Crippen LogP contribution in [0.15, 0.2) is 36.7 Å². The third kappa shape index (κ3) is 3.44. The Kier molecular flexibility index (Phi) is 4.75. The van der Waals surface area contributed by atoms with E-state index in [2.05, 4.69) is 4.98 Å². The lowest BCUT2D eigenvalue weighted by molar-refractivity contribution is -0.185. The van der Waals surface area contributed by atoms with Crippen molar-refractivity contribution in [2.24, 2.45) is 7.05 Å². The number of halogens is 1. The van der Waals surface area contributed by atoms with Gasteiger partial charge in [-0.25, -0.2) is 9.37 Å². The van der Waals surface area contributed by atoms with Crippen LogP contribution in [0.5, 0.6) is 0 Å². The minimum absolute atomic E-state index is 0.0949. The topological polar surface area (TPSA) is 56.5 Å². The molecule has 6 heteroatoms. The molecule has 2 atom stereocenters. The minimum atomic E-state index is -0.924. The largest absolute Gasteiger partial charge is 0.394 e. The molecule has 3 rings (SSSR count). The minimum Gasteiger partial charge on any atom is -0.394 e. The Balaban J connectivity index is 1.73. The molecular weight excluding hydrogens is 299 g/mol. The standard InChI is InChI=1S/C17H21FN2O3/c1-20-10-9-19-16(20)3-2-8-17(22-12-15(11-21)23-17)13-4-6-14(18)7-5-13/h4-7,9-10,15,21H,2-3,8,11-12H2,1H3/t15-,17-/m0/s1. The fourth-order valence-electron chi connectivity index (χ4n) is 2.90. The van der Waals surface area contributed by atoms with Crippen LogP contribution in [0, 0.1) is 5.82 Å². The smallest absolute Gasteiger partial charge is 0.195 e. The van der Waals surface area contributed by atoms with E-state index in [-0.39, 0.29) is 18.5 Å². The fraction of sp³-hybridized carbons (Fsp3) is 0.471. The Morgan fingerprint density at radius 1 is 1.39 bits per heavy atom. The normalized spacial score (nSPS) is 24.2. The SMILES string of the molecule is Cn1ccnc1CCC[C@]1(c2ccc(F)cc2)OC[C@H](CO)O1. The van der Waals surface area contributed by atoms with Crippen LogP contribution >= 0.6 is 0 Å². The molecule has 1 aromatic carbocycles. The third-order valence-corrected chi connectivity index (χ3v) is 4.17. The molecule has 0 aliphatic carbocycles. The van der Waals surface area contributed by atoms with Crippen LogP contribution in [-0.2, 0) is 28.7 Å². The second-order valence-corrected chi connectivity index (χ2v) is 5.80. The molecule has 1 aliphatic rings. The van der Waals surface area contributed by atoms with Crippen molar-refractivity contribution in [2.75, 3.05) is 13.2 Å². The van der Waals surface area contributed by atoms with Crippen LogP contribution < -0.4 is 0 Å². The van der Waals surface area contributed by atoms with Crippen LogP contribution in [0.4, 0.5) is 4.39 Å². The number of aryl methyl sites for hydroxylation is 2. The van der Waals surface area contributed by atoms with E-state index in [1.165, 1.54) is 12.1 Å². The van der Waals surface area contributed by atoms with Gasteiger partial charge in [-0.2, -0.15) is 0 Å². The van der Waals surface area contributed by atoms with Gasteiger partial charge < -0.3 is 19.1 Å². The van der Waals surface area contributed by atoms with Gasteiger partial charge in [-0.3, -0.25) is 0 Å². The Hall–Kier alpha value is -1.76. The highest BCUT2D eigenvalue weighted by Gasteiger charge is 2.42. The first-order chi connectivity index (χ1) is 11.1. The van der Waals surface area contributed by atoms with Gasteiger partial charge in [0.05, 0.1) is 13.2 Å². The zero-order valence-electron chi connectivity index (χ0n) is 13.1. The number of rotatable bonds is 6. The second-order valence-electron chi connectivity index (χ2n) is 5.80. The van der Waals surface area contributed by atoms with Crippen LogP contribution in [0.25, 0.3) is 0 Å². The molecular formula is C17H21FN2O3. The molecule has 0 unspecified atom stereocenters. The van der Waals surface area contributed by atoms with E-state index in [0.717, 1.165) is 24.2 Å². The van der Waals surface area contributed by atoms with Gasteiger partial charge in [-0.15, -0.1) is 0 Å². The number of ether oxygens (including phenoxy) is 2. The van der Waals surface area contributed by atoms with Crippen molar-refractivity contribution in [3.63, 3.8) is 0 Å². The Morgan fingerprint density at radius 3 is 2.78 bits per heavy atom. The molecule has 5 nitrogen and oxygen atoms in total. The number of aromatic nitrogens is 2. The fourth-order valence-corrected chi connectivity index (χ4v) is 2.90. The summed E-state index contributed by atoms with van der Waals surface area (Å²) in [6.07, 6.45) is 5.55. The molecule has 1 aromatic heterocycles. The van der Waals surface area contributed by atoms with Gasteiger partial charge in [0.15, 0.2) is 5.79 Å². The average Bonchev–Trinajstić information content (AvgIpc) is 3.16. The first kappa shape index (κ1) is 16.1. The van der Waals surface area contributed by atoms with E-state index < -0.39 is 5.79 Å². The molecule has 23 heavy (non-hydrogen) atoms. The molecule has 124 valence electrons. The summed E-state index contributed by atoms with van der Waals surface area (Å²) in [6, 6.07) is 6.15. The van der Waals surface area contributed by atoms with Crippen molar-refractivity contribution in [2.45, 2.75) is 31.2 Å². The van der Waals surface area contributed by atoms with E-state index in [1.54, 1.807) is 18.3 Å². The molecule has 2 heterocycles. The maximum Gasteiger partial charge on any atom is 0.195 e. The summed E-state index contributed by atoms with van der Waals surface area (Å²) < 4.78 is 27.0. The summed E-state index contributed by atoms with van der Waals surface area (Å²) in [4.78, 5) is 4.31. The first-order valence-electron chi connectivity index (χ1n) is 7.78. The molecule has 0 bridgehead atoms. The Labute approximate surface area is 134 Å². The average molecular weight is 320 g/mol. The van der Waals surface area contributed by atoms with Crippen molar-refractivity contribution in [1.82, 2.24) is 9.55 Å². The zero-order valence-corrected chi connectivity index (χ0v) is 13.1. The van der Waals surface area contributed by atoms with E-state index >= 15 is 0 Å². The summed E-state index contributed by atoms with van der Waals surface area (Å²) >= 11 is 0. The number of hydrogen-bond donors (Lipinski definition) is 1. The summed E-state index contributed by atoms with van der Waals surface area (Å²) in [6.45, 7) is 0.235. The molecule has 0 amide bonds. The Bertz CT molecular complexity index is 644. The highest BCUT2D eigenvalue weighted by Crippen LogP contribution is 2.38. The van der Waals surface area contributed by atoms with Crippen LogP contribution in [0.1, 0.15) is 24.2 Å². The number of benzene rings is 1. The summed E-state index contributed by atoms with van der Waals surface area (Å²) in [7, 11) is 1.96. The van der Waals surface area contributed by atoms with Crippen molar-refractivity contribution < 1.29 is 19.0 Å². The van der Waals surface area contributed by atoms with Gasteiger partial charge in [0.25, 0.3) is 0 Å². The van der Waals surface area contributed by atoms with E-state index in [0.29, 0.717) is 13.0 Å². The van der Waals surface area contributed by atoms with Gasteiger partial charge in [-0.1, -0.05) is 12.1 Å². The molecule has 0 saturated carbocycles. The molecule has 0 spiro atoms. The second kappa shape index (κ2) is 6.78. The molecule has 1 aliphatic heterocycles. The maximum absolute atomic E-state index is 13.2. The highest BCUT2D eigenvalue weighted by atomic mass is 19.1. The third-order valence-electron chi connectivity index (χ3n) is 4.17. The van der Waals surface area contributed by atoms with Crippen LogP contribution in [-0.4, -0.2) is 34.0 Å². The van der Waals surface area contributed by atoms with Gasteiger partial charge in [0.2, 0.25) is 0 Å². The number of hydrogen-bond acceptors (Lipinski definition) is 4. The van der Waals surface area contributed by atoms with Crippen LogP contribution in [0.2, 0.25) is 0 Å². The number of aliphatic hydroxyl groups is 1. The molecule has 2 aromatic rings. The lowest BCUT2D eigenvalue weighted by Crippen LogP contribution is -2.29. The van der Waals surface area contributed by atoms with E-state index in [4.69, 9.17) is 9.47 Å². The first-order valence-corrected chi connectivity index (χ1v) is 7.78. The lowest BCUT2D eigenvalue weighted by Gasteiger charge is -2.28. The predicted molar refractivity (Wildman–Crippen MR) is 82.1 cm³/mol. The van der Waals surface area contributed by atoms with E-state index in [1.807, 2.05) is 17.8 Å². The van der Waals surface area contributed by atoms with Crippen molar-refractivity contribution in [1.29, 1.82) is 0 Å². The highest BCUT2D eigenvalue weighted by molar-refractivity contribution is 5.22. The zero-order chi connectivity index (χ0) is 16.3. The molecule has 0 radical (unpaired) electrons. The van der Waals surface area contributed by atoms with Gasteiger partial charge in [0, 0.05) is 37.8 Å². The summed E-state index contributed by atoms with van der Waals surface area (Å²) in [5.74, 6) is -0.226. The van der Waals surface area contributed by atoms with Crippen molar-refractivity contribution in [3.8, 4) is 0 Å². The van der Waals surface area contributed by atoms with E-state index in [9.17, 15) is 9.50 Å². The van der Waals surface area contributed by atoms with Gasteiger partial charge in [0.1, 0.15) is 17.7 Å². The van der Waals surface area contributed by atoms with Crippen molar-refractivity contribution >= 4 is 0 Å². The number of imidazole rings is 1.